The molecule has 1 aliphatic carbocycles. The van der Waals surface area contributed by atoms with Crippen molar-refractivity contribution in [3.63, 3.8) is 0 Å². The van der Waals surface area contributed by atoms with E-state index in [0.29, 0.717) is 25.2 Å². The minimum atomic E-state index is 0.109. The van der Waals surface area contributed by atoms with Gasteiger partial charge < -0.3 is 14.6 Å². The zero-order valence-corrected chi connectivity index (χ0v) is 12.7. The molecule has 0 heterocycles. The van der Waals surface area contributed by atoms with E-state index in [1.165, 1.54) is 6.42 Å². The number of methoxy groups -OCH3 is 1. The van der Waals surface area contributed by atoms with Gasteiger partial charge in [0.25, 0.3) is 0 Å². The molecule has 2 rings (SSSR count). The van der Waals surface area contributed by atoms with E-state index in [2.05, 4.69) is 24.0 Å². The van der Waals surface area contributed by atoms with Crippen LogP contribution in [0.4, 0.5) is 0 Å². The SMILES string of the molecule is COC1CCCC(OCc2cccc(C#CCCO)c2)C1. The third-order valence-corrected chi connectivity index (χ3v) is 3.79. The van der Waals surface area contributed by atoms with E-state index >= 15 is 0 Å². The van der Waals surface area contributed by atoms with Crippen LogP contribution in [0.2, 0.25) is 0 Å². The first kappa shape index (κ1) is 16.0. The highest BCUT2D eigenvalue weighted by Gasteiger charge is 2.22. The molecule has 1 aliphatic rings. The lowest BCUT2D eigenvalue weighted by atomic mass is 9.95. The predicted molar refractivity (Wildman–Crippen MR) is 82.9 cm³/mol. The molecule has 3 heteroatoms. The first-order valence-corrected chi connectivity index (χ1v) is 7.65. The average Bonchev–Trinajstić information content (AvgIpc) is 2.54. The van der Waals surface area contributed by atoms with Crippen LogP contribution in [0, 0.1) is 11.8 Å². The summed E-state index contributed by atoms with van der Waals surface area (Å²) in [5.74, 6) is 5.99. The lowest BCUT2D eigenvalue weighted by Crippen LogP contribution is -2.27. The first-order chi connectivity index (χ1) is 10.3. The smallest absolute Gasteiger partial charge is 0.0721 e. The fourth-order valence-electron chi connectivity index (χ4n) is 2.64. The molecule has 0 bridgehead atoms. The molecule has 0 amide bonds. The summed E-state index contributed by atoms with van der Waals surface area (Å²) in [7, 11) is 1.78. The topological polar surface area (TPSA) is 38.7 Å². The third kappa shape index (κ3) is 5.51. The number of hydrogen-bond donors (Lipinski definition) is 1. The highest BCUT2D eigenvalue weighted by atomic mass is 16.5. The highest BCUT2D eigenvalue weighted by Crippen LogP contribution is 2.24. The van der Waals surface area contributed by atoms with Crippen LogP contribution in [0.3, 0.4) is 0 Å². The van der Waals surface area contributed by atoms with Crippen molar-refractivity contribution in [1.29, 1.82) is 0 Å². The summed E-state index contributed by atoms with van der Waals surface area (Å²) < 4.78 is 11.4. The number of hydrogen-bond acceptors (Lipinski definition) is 3. The first-order valence-electron chi connectivity index (χ1n) is 7.65. The molecular formula is C18H24O3. The number of rotatable bonds is 5. The number of aliphatic hydroxyl groups is 1. The van der Waals surface area contributed by atoms with E-state index in [4.69, 9.17) is 14.6 Å². The van der Waals surface area contributed by atoms with Crippen molar-refractivity contribution < 1.29 is 14.6 Å². The summed E-state index contributed by atoms with van der Waals surface area (Å²) in [6.07, 6.45) is 5.60. The third-order valence-electron chi connectivity index (χ3n) is 3.79. The number of aliphatic hydroxyl groups excluding tert-OH is 1. The van der Waals surface area contributed by atoms with Crippen molar-refractivity contribution in [2.45, 2.75) is 50.9 Å². The van der Waals surface area contributed by atoms with Gasteiger partial charge in [-0.25, -0.2) is 0 Å². The summed E-state index contributed by atoms with van der Waals surface area (Å²) in [4.78, 5) is 0. The maximum Gasteiger partial charge on any atom is 0.0721 e. The Morgan fingerprint density at radius 1 is 1.29 bits per heavy atom. The van der Waals surface area contributed by atoms with Gasteiger partial charge >= 0.3 is 0 Å². The van der Waals surface area contributed by atoms with Crippen LogP contribution in [0.25, 0.3) is 0 Å². The molecule has 0 radical (unpaired) electrons. The summed E-state index contributed by atoms with van der Waals surface area (Å²) in [5, 5.41) is 8.74. The second kappa shape index (κ2) is 8.84. The van der Waals surface area contributed by atoms with Gasteiger partial charge in [-0.05, 0) is 43.4 Å². The highest BCUT2D eigenvalue weighted by molar-refractivity contribution is 5.36. The van der Waals surface area contributed by atoms with E-state index in [9.17, 15) is 0 Å². The second-order valence-electron chi connectivity index (χ2n) is 5.43. The quantitative estimate of drug-likeness (QED) is 0.847. The van der Waals surface area contributed by atoms with Gasteiger partial charge in [0.05, 0.1) is 25.4 Å². The molecule has 1 aromatic carbocycles. The van der Waals surface area contributed by atoms with Crippen molar-refractivity contribution in [1.82, 2.24) is 0 Å². The van der Waals surface area contributed by atoms with E-state index in [-0.39, 0.29) is 6.61 Å². The second-order valence-corrected chi connectivity index (χ2v) is 5.43. The Morgan fingerprint density at radius 3 is 2.95 bits per heavy atom. The van der Waals surface area contributed by atoms with Crippen LogP contribution in [-0.4, -0.2) is 31.0 Å². The molecule has 1 N–H and O–H groups in total. The van der Waals surface area contributed by atoms with Crippen molar-refractivity contribution >= 4 is 0 Å². The Balaban J connectivity index is 1.85. The van der Waals surface area contributed by atoms with Crippen molar-refractivity contribution in [2.75, 3.05) is 13.7 Å². The van der Waals surface area contributed by atoms with Crippen LogP contribution in [0.15, 0.2) is 24.3 Å². The minimum Gasteiger partial charge on any atom is -0.395 e. The number of ether oxygens (including phenoxy) is 2. The summed E-state index contributed by atoms with van der Waals surface area (Å²) in [6, 6.07) is 8.10. The molecule has 21 heavy (non-hydrogen) atoms. The average molecular weight is 288 g/mol. The zero-order valence-electron chi connectivity index (χ0n) is 12.7. The monoisotopic (exact) mass is 288 g/mol. The lowest BCUT2D eigenvalue weighted by molar-refractivity contribution is -0.0363. The van der Waals surface area contributed by atoms with Crippen LogP contribution < -0.4 is 0 Å². The molecule has 2 unspecified atom stereocenters. The summed E-state index contributed by atoms with van der Waals surface area (Å²) >= 11 is 0. The molecule has 1 fully saturated rings. The molecule has 0 spiro atoms. The van der Waals surface area contributed by atoms with Gasteiger partial charge in [0.2, 0.25) is 0 Å². The van der Waals surface area contributed by atoms with E-state index in [1.807, 2.05) is 12.1 Å². The molecule has 0 aliphatic heterocycles. The van der Waals surface area contributed by atoms with Gasteiger partial charge in [-0.2, -0.15) is 0 Å². The number of benzene rings is 1. The van der Waals surface area contributed by atoms with E-state index < -0.39 is 0 Å². The fraction of sp³-hybridized carbons (Fsp3) is 0.556. The Kier molecular flexibility index (Phi) is 6.75. The van der Waals surface area contributed by atoms with Crippen LogP contribution in [0.1, 0.15) is 43.2 Å². The molecular weight excluding hydrogens is 264 g/mol. The summed E-state index contributed by atoms with van der Waals surface area (Å²) in [6.45, 7) is 0.731. The van der Waals surface area contributed by atoms with Gasteiger partial charge in [-0.15, -0.1) is 0 Å². The molecule has 2 atom stereocenters. The zero-order chi connectivity index (χ0) is 14.9. The molecule has 0 saturated heterocycles. The standard InChI is InChI=1S/C18H24O3/c1-20-17-9-5-10-18(13-17)21-14-16-8-4-7-15(12-16)6-2-3-11-19/h4,7-8,12,17-19H,3,5,9-11,13-14H2,1H3. The molecule has 1 saturated carbocycles. The molecule has 0 aromatic heterocycles. The Hall–Kier alpha value is -1.34. The molecule has 3 nitrogen and oxygen atoms in total. The molecule has 114 valence electrons. The Labute approximate surface area is 127 Å². The van der Waals surface area contributed by atoms with Gasteiger partial charge in [0.15, 0.2) is 0 Å². The fourth-order valence-corrected chi connectivity index (χ4v) is 2.64. The largest absolute Gasteiger partial charge is 0.395 e. The van der Waals surface area contributed by atoms with Crippen LogP contribution >= 0.6 is 0 Å². The lowest BCUT2D eigenvalue weighted by Gasteiger charge is -2.28. The Bertz CT molecular complexity index is 487. The Morgan fingerprint density at radius 2 is 2.14 bits per heavy atom. The van der Waals surface area contributed by atoms with Crippen LogP contribution in [0.5, 0.6) is 0 Å². The maximum atomic E-state index is 8.74. The van der Waals surface area contributed by atoms with Crippen LogP contribution in [-0.2, 0) is 16.1 Å². The van der Waals surface area contributed by atoms with E-state index in [0.717, 1.165) is 30.4 Å². The molecule has 1 aromatic rings. The van der Waals surface area contributed by atoms with Crippen molar-refractivity contribution in [2.24, 2.45) is 0 Å². The predicted octanol–water partition coefficient (Wildman–Crippen LogP) is 2.89. The summed E-state index contributed by atoms with van der Waals surface area (Å²) in [5.41, 5.74) is 2.12. The van der Waals surface area contributed by atoms with Crippen molar-refractivity contribution in [3.8, 4) is 11.8 Å². The van der Waals surface area contributed by atoms with Gasteiger partial charge in [-0.1, -0.05) is 24.0 Å². The van der Waals surface area contributed by atoms with Gasteiger partial charge in [0, 0.05) is 19.1 Å². The minimum absolute atomic E-state index is 0.109. The van der Waals surface area contributed by atoms with Crippen molar-refractivity contribution in [3.05, 3.63) is 35.4 Å². The normalized spacial score (nSPS) is 21.6. The van der Waals surface area contributed by atoms with Gasteiger partial charge in [0.1, 0.15) is 0 Å². The maximum absolute atomic E-state index is 8.74. The van der Waals surface area contributed by atoms with E-state index in [1.54, 1.807) is 7.11 Å². The van der Waals surface area contributed by atoms with Gasteiger partial charge in [-0.3, -0.25) is 0 Å².